The highest BCUT2D eigenvalue weighted by molar-refractivity contribution is 7.14. The zero-order valence-electron chi connectivity index (χ0n) is 10.7. The number of aryl methyl sites for hydroxylation is 2. The van der Waals surface area contributed by atoms with E-state index in [2.05, 4.69) is 12.2 Å². The predicted molar refractivity (Wildman–Crippen MR) is 71.7 cm³/mol. The number of carbonyl (C=O) groups excluding carboxylic acids is 1. The highest BCUT2D eigenvalue weighted by atomic mass is 32.1. The maximum absolute atomic E-state index is 12.0. The first-order chi connectivity index (χ1) is 8.12. The summed E-state index contributed by atoms with van der Waals surface area (Å²) in [5.74, 6) is -0.0156. The van der Waals surface area contributed by atoms with Crippen molar-refractivity contribution in [2.75, 3.05) is 6.61 Å². The molecule has 1 amide bonds. The Morgan fingerprint density at radius 2 is 2.24 bits per heavy atom. The van der Waals surface area contributed by atoms with Gasteiger partial charge in [0, 0.05) is 17.5 Å². The average Bonchev–Trinajstić information content (AvgIpc) is 2.70. The molecular formula is C13H21NO2S. The fourth-order valence-electron chi connectivity index (χ4n) is 1.77. The van der Waals surface area contributed by atoms with Gasteiger partial charge in [0.05, 0.1) is 4.88 Å². The van der Waals surface area contributed by atoms with E-state index in [0.717, 1.165) is 17.7 Å². The molecule has 1 heterocycles. The van der Waals surface area contributed by atoms with Crippen molar-refractivity contribution in [1.82, 2.24) is 5.32 Å². The fraction of sp³-hybridized carbons (Fsp3) is 0.615. The molecule has 0 radical (unpaired) electrons. The smallest absolute Gasteiger partial charge is 0.261 e. The van der Waals surface area contributed by atoms with E-state index >= 15 is 0 Å². The third-order valence-electron chi connectivity index (χ3n) is 2.87. The summed E-state index contributed by atoms with van der Waals surface area (Å²) in [7, 11) is 0. The Morgan fingerprint density at radius 3 is 2.71 bits per heavy atom. The minimum Gasteiger partial charge on any atom is -0.396 e. The monoisotopic (exact) mass is 255 g/mol. The van der Waals surface area contributed by atoms with Crippen LogP contribution in [0.15, 0.2) is 6.07 Å². The number of rotatable bonds is 6. The molecular weight excluding hydrogens is 234 g/mol. The summed E-state index contributed by atoms with van der Waals surface area (Å²) >= 11 is 1.56. The van der Waals surface area contributed by atoms with E-state index in [-0.39, 0.29) is 18.6 Å². The quantitative estimate of drug-likeness (QED) is 0.820. The van der Waals surface area contributed by atoms with Crippen LogP contribution in [0.25, 0.3) is 0 Å². The number of hydrogen-bond donors (Lipinski definition) is 2. The second kappa shape index (κ2) is 6.77. The van der Waals surface area contributed by atoms with Crippen LogP contribution < -0.4 is 5.32 Å². The van der Waals surface area contributed by atoms with Gasteiger partial charge in [0.25, 0.3) is 5.91 Å². The van der Waals surface area contributed by atoms with Gasteiger partial charge in [-0.15, -0.1) is 11.3 Å². The Hall–Kier alpha value is -0.870. The number of thiophene rings is 1. The van der Waals surface area contributed by atoms with Crippen LogP contribution in [0.2, 0.25) is 0 Å². The molecule has 0 bridgehead atoms. The van der Waals surface area contributed by atoms with E-state index in [9.17, 15) is 4.79 Å². The summed E-state index contributed by atoms with van der Waals surface area (Å²) in [6, 6.07) is 2.02. The van der Waals surface area contributed by atoms with E-state index < -0.39 is 0 Å². The van der Waals surface area contributed by atoms with Gasteiger partial charge in [-0.05, 0) is 37.8 Å². The van der Waals surface area contributed by atoms with Crippen molar-refractivity contribution in [2.24, 2.45) is 0 Å². The second-order valence-corrected chi connectivity index (χ2v) is 5.30. The summed E-state index contributed by atoms with van der Waals surface area (Å²) in [5, 5.41) is 11.8. The number of carbonyl (C=O) groups is 1. The lowest BCUT2D eigenvalue weighted by Gasteiger charge is -2.14. The van der Waals surface area contributed by atoms with Crippen molar-refractivity contribution >= 4 is 17.2 Å². The molecule has 4 heteroatoms. The zero-order chi connectivity index (χ0) is 12.8. The molecule has 0 aliphatic heterocycles. The van der Waals surface area contributed by atoms with E-state index in [1.165, 1.54) is 10.4 Å². The van der Waals surface area contributed by atoms with Crippen LogP contribution in [0.5, 0.6) is 0 Å². The van der Waals surface area contributed by atoms with E-state index in [0.29, 0.717) is 6.42 Å². The van der Waals surface area contributed by atoms with Crippen molar-refractivity contribution in [2.45, 2.75) is 46.1 Å². The molecule has 0 aromatic carbocycles. The highest BCUT2D eigenvalue weighted by Gasteiger charge is 2.15. The van der Waals surface area contributed by atoms with Gasteiger partial charge in [-0.1, -0.05) is 13.8 Å². The summed E-state index contributed by atoms with van der Waals surface area (Å²) in [5.41, 5.74) is 1.19. The van der Waals surface area contributed by atoms with Crippen molar-refractivity contribution in [3.8, 4) is 0 Å². The first kappa shape index (κ1) is 14.2. The van der Waals surface area contributed by atoms with E-state index in [4.69, 9.17) is 5.11 Å². The maximum Gasteiger partial charge on any atom is 0.261 e. The van der Waals surface area contributed by atoms with E-state index in [1.54, 1.807) is 11.3 Å². The Balaban J connectivity index is 2.68. The number of aliphatic hydroxyl groups excluding tert-OH is 1. The van der Waals surface area contributed by atoms with Crippen molar-refractivity contribution in [1.29, 1.82) is 0 Å². The highest BCUT2D eigenvalue weighted by Crippen LogP contribution is 2.22. The Bertz CT molecular complexity index is 373. The van der Waals surface area contributed by atoms with Gasteiger partial charge in [-0.25, -0.2) is 0 Å². The molecule has 0 aliphatic rings. The molecule has 0 saturated heterocycles. The molecule has 1 aromatic rings. The molecule has 3 nitrogen and oxygen atoms in total. The Morgan fingerprint density at radius 1 is 1.53 bits per heavy atom. The van der Waals surface area contributed by atoms with Crippen LogP contribution in [-0.4, -0.2) is 23.7 Å². The zero-order valence-corrected chi connectivity index (χ0v) is 11.6. The molecule has 1 atom stereocenters. The van der Waals surface area contributed by atoms with Gasteiger partial charge in [0.2, 0.25) is 0 Å². The normalized spacial score (nSPS) is 12.5. The first-order valence-electron chi connectivity index (χ1n) is 6.13. The van der Waals surface area contributed by atoms with Crippen molar-refractivity contribution < 1.29 is 9.90 Å². The predicted octanol–water partition coefficient (Wildman–Crippen LogP) is 2.51. The van der Waals surface area contributed by atoms with Crippen LogP contribution in [-0.2, 0) is 6.42 Å². The lowest BCUT2D eigenvalue weighted by atomic mass is 10.1. The Kier molecular flexibility index (Phi) is 5.65. The van der Waals surface area contributed by atoms with Crippen LogP contribution in [0.3, 0.4) is 0 Å². The minimum atomic E-state index is -0.0156. The molecule has 1 rings (SSSR count). The fourth-order valence-corrected chi connectivity index (χ4v) is 2.79. The molecule has 1 aromatic heterocycles. The van der Waals surface area contributed by atoms with Crippen molar-refractivity contribution in [3.63, 3.8) is 0 Å². The molecule has 96 valence electrons. The van der Waals surface area contributed by atoms with Crippen LogP contribution in [0, 0.1) is 6.92 Å². The van der Waals surface area contributed by atoms with Crippen LogP contribution in [0.4, 0.5) is 0 Å². The molecule has 0 spiro atoms. The van der Waals surface area contributed by atoms with E-state index in [1.807, 2.05) is 19.9 Å². The standard InChI is InChI=1S/C13H21NO2S/c1-4-10(6-7-15)14-13(16)12-8-9(3)11(5-2)17-12/h8,10,15H,4-7H2,1-3H3,(H,14,16). The SMILES string of the molecule is CCc1sc(C(=O)NC(CC)CCO)cc1C. The number of hydrogen-bond acceptors (Lipinski definition) is 3. The summed E-state index contributed by atoms with van der Waals surface area (Å²) < 4.78 is 0. The van der Waals surface area contributed by atoms with Crippen LogP contribution >= 0.6 is 11.3 Å². The largest absolute Gasteiger partial charge is 0.396 e. The molecule has 0 saturated carbocycles. The first-order valence-corrected chi connectivity index (χ1v) is 6.95. The lowest BCUT2D eigenvalue weighted by Crippen LogP contribution is -2.34. The number of amides is 1. The summed E-state index contributed by atoms with van der Waals surface area (Å²) in [4.78, 5) is 14.0. The molecule has 0 fully saturated rings. The van der Waals surface area contributed by atoms with Gasteiger partial charge < -0.3 is 10.4 Å². The third kappa shape index (κ3) is 3.82. The lowest BCUT2D eigenvalue weighted by molar-refractivity contribution is 0.0933. The second-order valence-electron chi connectivity index (χ2n) is 4.16. The van der Waals surface area contributed by atoms with Gasteiger partial charge in [0.15, 0.2) is 0 Å². The van der Waals surface area contributed by atoms with Gasteiger partial charge in [-0.2, -0.15) is 0 Å². The molecule has 0 aliphatic carbocycles. The van der Waals surface area contributed by atoms with Crippen LogP contribution in [0.1, 0.15) is 46.8 Å². The van der Waals surface area contributed by atoms with Gasteiger partial charge in [-0.3, -0.25) is 4.79 Å². The maximum atomic E-state index is 12.0. The number of nitrogens with one attached hydrogen (secondary N) is 1. The van der Waals surface area contributed by atoms with Gasteiger partial charge in [0.1, 0.15) is 0 Å². The Labute approximate surface area is 107 Å². The summed E-state index contributed by atoms with van der Waals surface area (Å²) in [6.07, 6.45) is 2.43. The average molecular weight is 255 g/mol. The third-order valence-corrected chi connectivity index (χ3v) is 4.25. The van der Waals surface area contributed by atoms with Crippen molar-refractivity contribution in [3.05, 3.63) is 21.4 Å². The van der Waals surface area contributed by atoms with Gasteiger partial charge >= 0.3 is 0 Å². The molecule has 17 heavy (non-hydrogen) atoms. The summed E-state index contributed by atoms with van der Waals surface area (Å²) in [6.45, 7) is 6.26. The molecule has 2 N–H and O–H groups in total. The molecule has 1 unspecified atom stereocenters. The minimum absolute atomic E-state index is 0.0156. The topological polar surface area (TPSA) is 49.3 Å². The number of aliphatic hydroxyl groups is 1.